The lowest BCUT2D eigenvalue weighted by Crippen LogP contribution is -2.23. The zero-order valence-electron chi connectivity index (χ0n) is 16.2. The van der Waals surface area contributed by atoms with Crippen LogP contribution in [0.5, 0.6) is 0 Å². The van der Waals surface area contributed by atoms with Gasteiger partial charge in [0, 0.05) is 27.4 Å². The highest BCUT2D eigenvalue weighted by atomic mass is 16.5. The first-order valence-corrected chi connectivity index (χ1v) is 9.41. The maximum absolute atomic E-state index is 12.8. The van der Waals surface area contributed by atoms with Gasteiger partial charge in [-0.15, -0.1) is 0 Å². The molecule has 0 spiro atoms. The van der Waals surface area contributed by atoms with Crippen molar-refractivity contribution in [2.75, 3.05) is 5.06 Å². The number of carbonyl (C=O) groups is 2. The van der Waals surface area contributed by atoms with Crippen molar-refractivity contribution in [3.05, 3.63) is 103 Å². The van der Waals surface area contributed by atoms with Crippen LogP contribution in [0, 0.1) is 32.8 Å². The summed E-state index contributed by atoms with van der Waals surface area (Å²) in [6, 6.07) is 18.4. The van der Waals surface area contributed by atoms with Gasteiger partial charge in [0.15, 0.2) is 0 Å². The molecule has 0 unspecified atom stereocenters. The predicted octanol–water partition coefficient (Wildman–Crippen LogP) is 2.15. The molecule has 0 aromatic heterocycles. The second-order valence-electron chi connectivity index (χ2n) is 7.21. The van der Waals surface area contributed by atoms with Crippen LogP contribution < -0.4 is 15.5 Å². The Balaban J connectivity index is 1.63. The number of anilines is 1. The average molecular weight is 418 g/mol. The zero-order chi connectivity index (χ0) is 22.6. The number of hydroxylamine groups is 1. The lowest BCUT2D eigenvalue weighted by molar-refractivity contribution is -0.350. The second-order valence-corrected chi connectivity index (χ2v) is 7.21. The summed E-state index contributed by atoms with van der Waals surface area (Å²) in [6.07, 6.45) is 0. The minimum absolute atomic E-state index is 0.1000. The Labute approximate surface area is 180 Å². The number of nitrogens with zero attached hydrogens (tertiary/aromatic N) is 4. The number of hydrogen-bond acceptors (Lipinski definition) is 7. The fourth-order valence-corrected chi connectivity index (χ4v) is 3.89. The number of carbonyl (C=O) groups excluding carboxylic acids is 2. The quantitative estimate of drug-likeness (QED) is 0.512. The summed E-state index contributed by atoms with van der Waals surface area (Å²) in [4.78, 5) is 38.2. The standard InChI is InChI=1S/C24H10N4O4/c25-11-13-1-7-17-19(9-13)27(31)21(23(17)29)15-3-5-16(6-4-15)22-24(30)18-8-2-14(12-26)10-20(18)28(22)32/h1-10H. The van der Waals surface area contributed by atoms with E-state index in [-0.39, 0.29) is 45.0 Å². The third-order valence-corrected chi connectivity index (χ3v) is 5.45. The average Bonchev–Trinajstić information content (AvgIpc) is 3.22. The normalized spacial score (nSPS) is 14.3. The highest BCUT2D eigenvalue weighted by Crippen LogP contribution is 2.35. The Morgan fingerprint density at radius 2 is 1.38 bits per heavy atom. The van der Waals surface area contributed by atoms with Crippen LogP contribution in [0.15, 0.2) is 60.7 Å². The van der Waals surface area contributed by atoms with Crippen LogP contribution in [0.1, 0.15) is 31.8 Å². The van der Waals surface area contributed by atoms with E-state index >= 15 is 0 Å². The number of benzene rings is 3. The number of Topliss-reactive ketones (excluding diaryl/α,β-unsaturated/α-hetero) is 2. The molecule has 8 heteroatoms. The monoisotopic (exact) mass is 418 g/mol. The Bertz CT molecular complexity index is 1600. The molecule has 0 aliphatic carbocycles. The van der Waals surface area contributed by atoms with Gasteiger partial charge in [-0.25, -0.2) is 0 Å². The highest BCUT2D eigenvalue weighted by molar-refractivity contribution is 6.34. The molecule has 0 saturated carbocycles. The van der Waals surface area contributed by atoms with Gasteiger partial charge in [0.05, 0.1) is 38.9 Å². The van der Waals surface area contributed by atoms with E-state index in [9.17, 15) is 19.7 Å². The molecule has 2 heterocycles. The van der Waals surface area contributed by atoms with E-state index in [1.165, 1.54) is 60.7 Å². The summed E-state index contributed by atoms with van der Waals surface area (Å²) in [5, 5.41) is 31.9. The molecule has 2 aliphatic rings. The van der Waals surface area contributed by atoms with Crippen LogP contribution in [-0.4, -0.2) is 16.3 Å². The maximum atomic E-state index is 12.8. The number of nitroso groups, excluding NO2 is 1. The van der Waals surface area contributed by atoms with Crippen molar-refractivity contribution in [3.8, 4) is 12.1 Å². The zero-order valence-corrected chi connectivity index (χ0v) is 16.2. The SMILES string of the molecule is N#Cc1ccc2c(c1)N([O-])C(=c1ccc(=C3C(=O)c4ccc(C#N)cc4[N+]3=O)cc1)C2=O. The van der Waals surface area contributed by atoms with Crippen LogP contribution in [0.25, 0.3) is 11.4 Å². The van der Waals surface area contributed by atoms with Crippen molar-refractivity contribution >= 4 is 34.3 Å². The highest BCUT2D eigenvalue weighted by Gasteiger charge is 2.43. The number of rotatable bonds is 0. The van der Waals surface area contributed by atoms with Gasteiger partial charge in [-0.2, -0.15) is 10.5 Å². The van der Waals surface area contributed by atoms with E-state index in [0.29, 0.717) is 20.3 Å². The Hall–Kier alpha value is -4.92. The van der Waals surface area contributed by atoms with Crippen LogP contribution in [0.2, 0.25) is 0 Å². The van der Waals surface area contributed by atoms with Gasteiger partial charge in [0.2, 0.25) is 5.78 Å². The van der Waals surface area contributed by atoms with E-state index in [4.69, 9.17) is 10.5 Å². The molecule has 32 heavy (non-hydrogen) atoms. The van der Waals surface area contributed by atoms with Crippen molar-refractivity contribution < 1.29 is 14.3 Å². The summed E-state index contributed by atoms with van der Waals surface area (Å²) in [5.41, 5.74) is 0.918. The number of hydrogen-bond donors (Lipinski definition) is 0. The molecule has 0 radical (unpaired) electrons. The Kier molecular flexibility index (Phi) is 4.06. The molecular weight excluding hydrogens is 408 g/mol. The molecule has 0 N–H and O–H groups in total. The van der Waals surface area contributed by atoms with Crippen molar-refractivity contribution in [1.29, 1.82) is 10.5 Å². The van der Waals surface area contributed by atoms with Crippen LogP contribution >= 0.6 is 0 Å². The summed E-state index contributed by atoms with van der Waals surface area (Å²) in [7, 11) is 0. The summed E-state index contributed by atoms with van der Waals surface area (Å²) in [6.45, 7) is 0. The second kappa shape index (κ2) is 6.81. The smallest absolute Gasteiger partial charge is 0.318 e. The molecule has 0 amide bonds. The van der Waals surface area contributed by atoms with Crippen molar-refractivity contribution in [2.24, 2.45) is 0 Å². The molecular formula is C24H10N4O4. The lowest BCUT2D eigenvalue weighted by Gasteiger charge is -2.26. The third-order valence-electron chi connectivity index (χ3n) is 5.45. The van der Waals surface area contributed by atoms with Gasteiger partial charge in [-0.05, 0) is 42.5 Å². The third kappa shape index (κ3) is 2.58. The van der Waals surface area contributed by atoms with E-state index < -0.39 is 11.6 Å². The Morgan fingerprint density at radius 3 is 2.03 bits per heavy atom. The molecule has 3 aromatic rings. The molecule has 0 fully saturated rings. The minimum atomic E-state index is -0.473. The first kappa shape index (κ1) is 19.1. The molecule has 8 nitrogen and oxygen atoms in total. The summed E-state index contributed by atoms with van der Waals surface area (Å²) in [5.74, 6) is -0.947. The largest absolute Gasteiger partial charge is 0.754 e. The van der Waals surface area contributed by atoms with Gasteiger partial charge < -0.3 is 10.3 Å². The molecule has 3 aromatic carbocycles. The molecule has 5 rings (SSSR count). The first-order valence-electron chi connectivity index (χ1n) is 9.41. The predicted molar refractivity (Wildman–Crippen MR) is 113 cm³/mol. The molecule has 150 valence electrons. The van der Waals surface area contributed by atoms with E-state index in [0.717, 1.165) is 0 Å². The lowest BCUT2D eigenvalue weighted by atomic mass is 10.1. The van der Waals surface area contributed by atoms with Crippen molar-refractivity contribution in [3.63, 3.8) is 0 Å². The number of fused-ring (bicyclic) bond motifs is 2. The fraction of sp³-hybridized carbons (Fsp3) is 0. The molecule has 0 saturated heterocycles. The van der Waals surface area contributed by atoms with Crippen LogP contribution in [0.4, 0.5) is 11.4 Å². The maximum Gasteiger partial charge on any atom is 0.318 e. The van der Waals surface area contributed by atoms with E-state index in [1.54, 1.807) is 0 Å². The van der Waals surface area contributed by atoms with E-state index in [1.807, 2.05) is 12.1 Å². The van der Waals surface area contributed by atoms with Crippen molar-refractivity contribution in [1.82, 2.24) is 0 Å². The number of nitriles is 2. The van der Waals surface area contributed by atoms with Crippen molar-refractivity contribution in [2.45, 2.75) is 0 Å². The fourth-order valence-electron chi connectivity index (χ4n) is 3.89. The van der Waals surface area contributed by atoms with Crippen LogP contribution in [-0.2, 0) is 0 Å². The Morgan fingerprint density at radius 1 is 0.781 bits per heavy atom. The topological polar surface area (TPSA) is 128 Å². The van der Waals surface area contributed by atoms with Gasteiger partial charge in [-0.3, -0.25) is 9.59 Å². The minimum Gasteiger partial charge on any atom is -0.754 e. The van der Waals surface area contributed by atoms with Crippen LogP contribution in [0.3, 0.4) is 0 Å². The van der Waals surface area contributed by atoms with E-state index in [2.05, 4.69) is 0 Å². The summed E-state index contributed by atoms with van der Waals surface area (Å²) >= 11 is 0. The van der Waals surface area contributed by atoms with Gasteiger partial charge in [0.1, 0.15) is 5.56 Å². The summed E-state index contributed by atoms with van der Waals surface area (Å²) < 4.78 is 0.487. The molecule has 0 bridgehead atoms. The van der Waals surface area contributed by atoms with Gasteiger partial charge in [0.25, 0.3) is 11.5 Å². The first-order chi connectivity index (χ1) is 15.4. The number of ketones is 2. The molecule has 0 atom stereocenters. The van der Waals surface area contributed by atoms with Gasteiger partial charge >= 0.3 is 5.70 Å². The molecule has 2 aliphatic heterocycles. The van der Waals surface area contributed by atoms with Gasteiger partial charge in [-0.1, -0.05) is 12.1 Å².